The molecule has 2 amide bonds. The van der Waals surface area contributed by atoms with Crippen LogP contribution in [0.15, 0.2) is 35.9 Å². The Kier molecular flexibility index (Phi) is 3.06. The Bertz CT molecular complexity index is 669. The van der Waals surface area contributed by atoms with Crippen molar-refractivity contribution in [1.29, 1.82) is 0 Å². The molecule has 5 heteroatoms. The normalized spacial score (nSPS) is 23.0. The Labute approximate surface area is 129 Å². The van der Waals surface area contributed by atoms with Gasteiger partial charge in [0.2, 0.25) is 0 Å². The van der Waals surface area contributed by atoms with Crippen molar-refractivity contribution < 1.29 is 14.8 Å². The van der Waals surface area contributed by atoms with Crippen LogP contribution in [0, 0.1) is 0 Å². The van der Waals surface area contributed by atoms with Gasteiger partial charge in [-0.3, -0.25) is 14.5 Å². The monoisotopic (exact) mass is 299 g/mol. The Balaban J connectivity index is 1.93. The second-order valence-corrected chi connectivity index (χ2v) is 6.92. The first-order valence-electron chi connectivity index (χ1n) is 7.31. The van der Waals surface area contributed by atoms with Crippen LogP contribution in [0.1, 0.15) is 48.4 Å². The number of carbonyl (C=O) groups excluding carboxylic acids is 2. The number of nitrogens with zero attached hydrogens (tertiary/aromatic N) is 2. The fraction of sp³-hybridized carbons (Fsp3) is 0.412. The van der Waals surface area contributed by atoms with Gasteiger partial charge in [-0.15, -0.1) is 10.3 Å². The maximum atomic E-state index is 12.4. The summed E-state index contributed by atoms with van der Waals surface area (Å²) in [5.41, 5.74) is 0.280. The molecule has 0 atom stereocenters. The molecule has 2 heterocycles. The first-order valence-corrected chi connectivity index (χ1v) is 7.31. The zero-order valence-electron chi connectivity index (χ0n) is 13.2. The zero-order chi connectivity index (χ0) is 16.3. The molecule has 0 spiro atoms. The summed E-state index contributed by atoms with van der Waals surface area (Å²) in [6.45, 7) is 7.45. The van der Waals surface area contributed by atoms with Gasteiger partial charge >= 0.3 is 0 Å². The van der Waals surface area contributed by atoms with E-state index in [-0.39, 0.29) is 18.4 Å². The minimum atomic E-state index is -0.737. The molecule has 0 N–H and O–H groups in total. The minimum Gasteiger partial charge on any atom is -0.270 e. The molecule has 1 radical (unpaired) electrons. The van der Waals surface area contributed by atoms with E-state index in [2.05, 4.69) is 0 Å². The molecular weight excluding hydrogens is 280 g/mol. The second-order valence-electron chi connectivity index (χ2n) is 6.92. The Hall–Kier alpha value is -1.98. The predicted molar refractivity (Wildman–Crippen MR) is 80.6 cm³/mol. The molecule has 0 saturated carbocycles. The van der Waals surface area contributed by atoms with E-state index in [1.807, 2.05) is 33.8 Å². The molecular formula is C17H19N2O3. The van der Waals surface area contributed by atoms with Crippen LogP contribution in [0.4, 0.5) is 0 Å². The lowest BCUT2D eigenvalue weighted by atomic mass is 9.96. The highest BCUT2D eigenvalue weighted by atomic mass is 16.5. The number of hydrogen-bond acceptors (Lipinski definition) is 3. The highest BCUT2D eigenvalue weighted by Gasteiger charge is 2.48. The van der Waals surface area contributed by atoms with Gasteiger partial charge in [0.25, 0.3) is 11.8 Å². The molecule has 2 aliphatic heterocycles. The molecule has 0 unspecified atom stereocenters. The van der Waals surface area contributed by atoms with Crippen LogP contribution in [0.2, 0.25) is 0 Å². The topological polar surface area (TPSA) is 60.5 Å². The van der Waals surface area contributed by atoms with Crippen LogP contribution < -0.4 is 0 Å². The number of carbonyl (C=O) groups is 2. The number of amides is 2. The van der Waals surface area contributed by atoms with Crippen LogP contribution in [-0.4, -0.2) is 39.4 Å². The van der Waals surface area contributed by atoms with E-state index in [1.54, 1.807) is 24.3 Å². The lowest BCUT2D eigenvalue weighted by Crippen LogP contribution is -2.48. The van der Waals surface area contributed by atoms with E-state index in [4.69, 9.17) is 0 Å². The highest BCUT2D eigenvalue weighted by molar-refractivity contribution is 6.21. The zero-order valence-corrected chi connectivity index (χ0v) is 13.2. The fourth-order valence-electron chi connectivity index (χ4n) is 3.30. The van der Waals surface area contributed by atoms with Gasteiger partial charge in [0.15, 0.2) is 0 Å². The largest absolute Gasteiger partial charge is 0.270 e. The van der Waals surface area contributed by atoms with Gasteiger partial charge < -0.3 is 0 Å². The number of rotatable bonds is 2. The average molecular weight is 299 g/mol. The van der Waals surface area contributed by atoms with Gasteiger partial charge in [0.05, 0.1) is 28.7 Å². The SMILES string of the molecule is CC1(C)C=C(CN2C(=O)c3ccccc3C2=O)C(C)(C)N1[O]. The summed E-state index contributed by atoms with van der Waals surface area (Å²) in [4.78, 5) is 26.1. The Morgan fingerprint density at radius 2 is 1.45 bits per heavy atom. The van der Waals surface area contributed by atoms with Crippen LogP contribution in [0.5, 0.6) is 0 Å². The molecule has 115 valence electrons. The third-order valence-electron chi connectivity index (χ3n) is 4.55. The van der Waals surface area contributed by atoms with Crippen LogP contribution in [0.3, 0.4) is 0 Å². The van der Waals surface area contributed by atoms with Gasteiger partial charge in [-0.25, -0.2) is 0 Å². The molecule has 0 bridgehead atoms. The van der Waals surface area contributed by atoms with Crippen LogP contribution in [0.25, 0.3) is 0 Å². The van der Waals surface area contributed by atoms with E-state index in [1.165, 1.54) is 4.90 Å². The summed E-state index contributed by atoms with van der Waals surface area (Å²) in [6, 6.07) is 6.81. The van der Waals surface area contributed by atoms with Crippen molar-refractivity contribution in [2.24, 2.45) is 0 Å². The molecule has 0 fully saturated rings. The number of imide groups is 1. The molecule has 3 rings (SSSR count). The summed E-state index contributed by atoms with van der Waals surface area (Å²) in [6.07, 6.45) is 1.86. The summed E-state index contributed by atoms with van der Waals surface area (Å²) in [7, 11) is 0. The molecule has 1 aromatic carbocycles. The first-order chi connectivity index (χ1) is 10.2. The quantitative estimate of drug-likeness (QED) is 0.622. The first kappa shape index (κ1) is 14.9. The van der Waals surface area contributed by atoms with Crippen LogP contribution >= 0.6 is 0 Å². The van der Waals surface area contributed by atoms with Crippen molar-refractivity contribution in [2.45, 2.75) is 38.8 Å². The third-order valence-corrected chi connectivity index (χ3v) is 4.55. The van der Waals surface area contributed by atoms with Crippen molar-refractivity contribution in [3.05, 3.63) is 47.0 Å². The van der Waals surface area contributed by atoms with Gasteiger partial charge in [-0.05, 0) is 45.4 Å². The maximum Gasteiger partial charge on any atom is 0.261 e. The average Bonchev–Trinajstić information content (AvgIpc) is 2.78. The molecule has 22 heavy (non-hydrogen) atoms. The summed E-state index contributed by atoms with van der Waals surface area (Å²) >= 11 is 0. The van der Waals surface area contributed by atoms with Crippen LogP contribution in [-0.2, 0) is 5.21 Å². The predicted octanol–water partition coefficient (Wildman–Crippen LogP) is 2.43. The standard InChI is InChI=1S/C17H19N2O3/c1-16(2)9-11(17(3,4)19(16)22)10-18-14(20)12-7-5-6-8-13(12)15(18)21/h5-9H,10H2,1-4H3. The van der Waals surface area contributed by atoms with Gasteiger partial charge in [0, 0.05) is 0 Å². The van der Waals surface area contributed by atoms with E-state index in [0.29, 0.717) is 11.1 Å². The Morgan fingerprint density at radius 3 is 1.86 bits per heavy atom. The molecule has 0 saturated heterocycles. The summed E-state index contributed by atoms with van der Waals surface area (Å²) in [5.74, 6) is -0.584. The second kappa shape index (κ2) is 4.51. The van der Waals surface area contributed by atoms with E-state index < -0.39 is 11.1 Å². The lowest BCUT2D eigenvalue weighted by molar-refractivity contribution is -0.238. The van der Waals surface area contributed by atoms with Gasteiger partial charge in [-0.1, -0.05) is 18.2 Å². The third kappa shape index (κ3) is 1.93. The van der Waals surface area contributed by atoms with E-state index in [0.717, 1.165) is 10.6 Å². The van der Waals surface area contributed by atoms with Crippen molar-refractivity contribution in [2.75, 3.05) is 6.54 Å². The molecule has 0 aliphatic carbocycles. The molecule has 1 aromatic rings. The minimum absolute atomic E-state index is 0.154. The number of hydrogen-bond donors (Lipinski definition) is 0. The number of benzene rings is 1. The summed E-state index contributed by atoms with van der Waals surface area (Å²) in [5, 5.41) is 13.4. The van der Waals surface area contributed by atoms with E-state index in [9.17, 15) is 14.8 Å². The number of fused-ring (bicyclic) bond motifs is 1. The summed E-state index contributed by atoms with van der Waals surface area (Å²) < 4.78 is 0. The van der Waals surface area contributed by atoms with E-state index >= 15 is 0 Å². The van der Waals surface area contributed by atoms with Crippen molar-refractivity contribution in [3.8, 4) is 0 Å². The lowest BCUT2D eigenvalue weighted by Gasteiger charge is -2.34. The maximum absolute atomic E-state index is 12.4. The van der Waals surface area contributed by atoms with Gasteiger partial charge in [0.1, 0.15) is 0 Å². The molecule has 2 aliphatic rings. The fourth-order valence-corrected chi connectivity index (χ4v) is 3.30. The Morgan fingerprint density at radius 1 is 0.955 bits per heavy atom. The van der Waals surface area contributed by atoms with Gasteiger partial charge in [-0.2, -0.15) is 0 Å². The van der Waals surface area contributed by atoms with Crippen molar-refractivity contribution in [3.63, 3.8) is 0 Å². The number of hydroxylamine groups is 2. The highest BCUT2D eigenvalue weighted by Crippen LogP contribution is 2.39. The van der Waals surface area contributed by atoms with Crippen molar-refractivity contribution in [1.82, 2.24) is 9.96 Å². The molecule has 5 nitrogen and oxygen atoms in total. The molecule has 0 aromatic heterocycles. The van der Waals surface area contributed by atoms with Crippen molar-refractivity contribution >= 4 is 11.8 Å². The smallest absolute Gasteiger partial charge is 0.261 e.